The first kappa shape index (κ1) is 13.5. The smallest absolute Gasteiger partial charge is 0.269 e. The quantitative estimate of drug-likeness (QED) is 0.514. The molecule has 0 heterocycles. The lowest BCUT2D eigenvalue weighted by Crippen LogP contribution is -2.21. The van der Waals surface area contributed by atoms with E-state index < -0.39 is 4.92 Å². The molecular weight excluding hydrogens is 248 g/mol. The van der Waals surface area contributed by atoms with E-state index in [2.05, 4.69) is 5.16 Å². The van der Waals surface area contributed by atoms with Crippen LogP contribution in [0.2, 0.25) is 0 Å². The molecule has 0 aliphatic heterocycles. The SMILES string of the molecule is O=[N+]([O-])c1ccc(COC2CCC(=NO)CC2)cc1. The van der Waals surface area contributed by atoms with Crippen LogP contribution in [0.1, 0.15) is 31.2 Å². The van der Waals surface area contributed by atoms with Gasteiger partial charge >= 0.3 is 0 Å². The van der Waals surface area contributed by atoms with E-state index in [0.717, 1.165) is 37.0 Å². The predicted octanol–water partition coefficient (Wildman–Crippen LogP) is 2.88. The van der Waals surface area contributed by atoms with Crippen molar-refractivity contribution in [1.82, 2.24) is 0 Å². The van der Waals surface area contributed by atoms with Crippen LogP contribution in [0.3, 0.4) is 0 Å². The number of rotatable bonds is 4. The molecule has 1 aromatic carbocycles. The zero-order valence-corrected chi connectivity index (χ0v) is 10.5. The number of benzene rings is 1. The van der Waals surface area contributed by atoms with Crippen LogP contribution in [0.15, 0.2) is 29.4 Å². The largest absolute Gasteiger partial charge is 0.411 e. The number of oxime groups is 1. The van der Waals surface area contributed by atoms with Crippen molar-refractivity contribution >= 4 is 11.4 Å². The van der Waals surface area contributed by atoms with Crippen LogP contribution in [0, 0.1) is 10.1 Å². The van der Waals surface area contributed by atoms with Crippen LogP contribution in [0.5, 0.6) is 0 Å². The van der Waals surface area contributed by atoms with E-state index in [4.69, 9.17) is 9.94 Å². The Morgan fingerprint density at radius 3 is 2.47 bits per heavy atom. The first-order chi connectivity index (χ1) is 9.19. The predicted molar refractivity (Wildman–Crippen MR) is 69.4 cm³/mol. The van der Waals surface area contributed by atoms with Gasteiger partial charge < -0.3 is 9.94 Å². The summed E-state index contributed by atoms with van der Waals surface area (Å²) in [4.78, 5) is 10.1. The van der Waals surface area contributed by atoms with Crippen molar-refractivity contribution in [1.29, 1.82) is 0 Å². The lowest BCUT2D eigenvalue weighted by Gasteiger charge is -2.22. The van der Waals surface area contributed by atoms with Crippen molar-refractivity contribution in [3.05, 3.63) is 39.9 Å². The highest BCUT2D eigenvalue weighted by atomic mass is 16.6. The van der Waals surface area contributed by atoms with Gasteiger partial charge in [0.2, 0.25) is 0 Å². The monoisotopic (exact) mass is 264 g/mol. The van der Waals surface area contributed by atoms with Crippen molar-refractivity contribution in [3.8, 4) is 0 Å². The molecule has 1 saturated carbocycles. The molecule has 19 heavy (non-hydrogen) atoms. The first-order valence-electron chi connectivity index (χ1n) is 6.24. The maximum atomic E-state index is 10.5. The van der Waals surface area contributed by atoms with Crippen LogP contribution in [0.25, 0.3) is 0 Å². The molecular formula is C13H16N2O4. The molecule has 1 fully saturated rings. The highest BCUT2D eigenvalue weighted by Gasteiger charge is 2.18. The highest BCUT2D eigenvalue weighted by molar-refractivity contribution is 5.84. The van der Waals surface area contributed by atoms with Gasteiger partial charge in [-0.25, -0.2) is 0 Å². The van der Waals surface area contributed by atoms with E-state index in [1.807, 2.05) is 0 Å². The number of non-ortho nitro benzene ring substituents is 1. The van der Waals surface area contributed by atoms with Gasteiger partial charge in [0.05, 0.1) is 23.3 Å². The summed E-state index contributed by atoms with van der Waals surface area (Å²) in [5, 5.41) is 22.4. The van der Waals surface area contributed by atoms with Crippen molar-refractivity contribution in [2.45, 2.75) is 38.4 Å². The minimum Gasteiger partial charge on any atom is -0.411 e. The van der Waals surface area contributed by atoms with Gasteiger partial charge in [-0.2, -0.15) is 0 Å². The third kappa shape index (κ3) is 3.75. The summed E-state index contributed by atoms with van der Waals surface area (Å²) in [6.07, 6.45) is 3.41. The molecule has 1 N–H and O–H groups in total. The fourth-order valence-electron chi connectivity index (χ4n) is 2.12. The topological polar surface area (TPSA) is 85.0 Å². The van der Waals surface area contributed by atoms with Gasteiger partial charge in [0.25, 0.3) is 5.69 Å². The number of hydrogen-bond acceptors (Lipinski definition) is 5. The second-order valence-electron chi connectivity index (χ2n) is 4.60. The lowest BCUT2D eigenvalue weighted by molar-refractivity contribution is -0.384. The van der Waals surface area contributed by atoms with Crippen molar-refractivity contribution in [2.75, 3.05) is 0 Å². The van der Waals surface area contributed by atoms with Gasteiger partial charge in [0, 0.05) is 12.1 Å². The molecule has 6 heteroatoms. The summed E-state index contributed by atoms with van der Waals surface area (Å²) < 4.78 is 5.76. The van der Waals surface area contributed by atoms with Gasteiger partial charge in [-0.1, -0.05) is 5.16 Å². The van der Waals surface area contributed by atoms with Gasteiger partial charge in [-0.15, -0.1) is 0 Å². The minimum absolute atomic E-state index is 0.0882. The molecule has 0 unspecified atom stereocenters. The van der Waals surface area contributed by atoms with Crippen molar-refractivity contribution in [3.63, 3.8) is 0 Å². The fourth-order valence-corrected chi connectivity index (χ4v) is 2.12. The number of ether oxygens (including phenoxy) is 1. The molecule has 1 aliphatic carbocycles. The Balaban J connectivity index is 1.81. The Kier molecular flexibility index (Phi) is 4.46. The number of nitro groups is 1. The molecule has 102 valence electrons. The Morgan fingerprint density at radius 2 is 1.95 bits per heavy atom. The third-order valence-corrected chi connectivity index (χ3v) is 3.28. The van der Waals surface area contributed by atoms with Gasteiger partial charge in [0.15, 0.2) is 0 Å². The molecule has 0 saturated heterocycles. The minimum atomic E-state index is -0.415. The molecule has 1 aromatic rings. The van der Waals surface area contributed by atoms with Gasteiger partial charge in [-0.05, 0) is 43.4 Å². The summed E-state index contributed by atoms with van der Waals surface area (Å²) in [6.45, 7) is 0.453. The molecule has 0 aromatic heterocycles. The van der Waals surface area contributed by atoms with Crippen molar-refractivity contribution in [2.24, 2.45) is 5.16 Å². The third-order valence-electron chi connectivity index (χ3n) is 3.28. The molecule has 2 rings (SSSR count). The number of hydrogen-bond donors (Lipinski definition) is 1. The summed E-state index contributed by atoms with van der Waals surface area (Å²) in [7, 11) is 0. The highest BCUT2D eigenvalue weighted by Crippen LogP contribution is 2.20. The maximum absolute atomic E-state index is 10.5. The molecule has 0 spiro atoms. The van der Waals surface area contributed by atoms with Crippen LogP contribution >= 0.6 is 0 Å². The van der Waals surface area contributed by atoms with Crippen LogP contribution in [-0.2, 0) is 11.3 Å². The fraction of sp³-hybridized carbons (Fsp3) is 0.462. The lowest BCUT2D eigenvalue weighted by atomic mass is 9.96. The molecule has 0 bridgehead atoms. The first-order valence-corrected chi connectivity index (χ1v) is 6.24. The van der Waals surface area contributed by atoms with Crippen LogP contribution < -0.4 is 0 Å². The summed E-state index contributed by atoms with van der Waals surface area (Å²) in [5.74, 6) is 0. The Morgan fingerprint density at radius 1 is 1.32 bits per heavy atom. The zero-order chi connectivity index (χ0) is 13.7. The molecule has 0 amide bonds. The van der Waals surface area contributed by atoms with Gasteiger partial charge in [0.1, 0.15) is 0 Å². The summed E-state index contributed by atoms with van der Waals surface area (Å²) >= 11 is 0. The van der Waals surface area contributed by atoms with E-state index >= 15 is 0 Å². The number of nitro benzene ring substituents is 1. The zero-order valence-electron chi connectivity index (χ0n) is 10.5. The normalized spacial score (nSPS) is 19.2. The average molecular weight is 264 g/mol. The molecule has 0 atom stereocenters. The second kappa shape index (κ2) is 6.29. The molecule has 0 radical (unpaired) electrons. The average Bonchev–Trinajstić information content (AvgIpc) is 2.46. The van der Waals surface area contributed by atoms with Gasteiger partial charge in [-0.3, -0.25) is 10.1 Å². The second-order valence-corrected chi connectivity index (χ2v) is 4.60. The van der Waals surface area contributed by atoms with E-state index in [0.29, 0.717) is 6.61 Å². The van der Waals surface area contributed by atoms with E-state index in [-0.39, 0.29) is 11.8 Å². The summed E-state index contributed by atoms with van der Waals surface area (Å²) in [6, 6.07) is 6.38. The Bertz CT molecular complexity index is 460. The van der Waals surface area contributed by atoms with E-state index in [1.54, 1.807) is 12.1 Å². The molecule has 1 aliphatic rings. The van der Waals surface area contributed by atoms with Crippen LogP contribution in [0.4, 0.5) is 5.69 Å². The van der Waals surface area contributed by atoms with Crippen LogP contribution in [-0.4, -0.2) is 21.9 Å². The standard InChI is InChI=1S/C13H16N2O4/c16-14-11-3-7-13(8-4-11)19-9-10-1-5-12(6-2-10)15(17)18/h1-2,5-6,13,16H,3-4,7-9H2. The summed E-state index contributed by atoms with van der Waals surface area (Å²) in [5.41, 5.74) is 1.84. The van der Waals surface area contributed by atoms with E-state index in [1.165, 1.54) is 12.1 Å². The van der Waals surface area contributed by atoms with Crippen molar-refractivity contribution < 1.29 is 14.9 Å². The van der Waals surface area contributed by atoms with E-state index in [9.17, 15) is 10.1 Å². The maximum Gasteiger partial charge on any atom is 0.269 e. The Labute approximate surface area is 110 Å². The number of nitrogens with zero attached hydrogens (tertiary/aromatic N) is 2. The molecule has 6 nitrogen and oxygen atoms in total. The Hall–Kier alpha value is -1.95.